The molecule has 1 aliphatic carbocycles. The molecule has 2 aromatic rings. The average Bonchev–Trinajstić information content (AvgIpc) is 2.91. The lowest BCUT2D eigenvalue weighted by molar-refractivity contribution is -0.393. The standard InChI is InChI=1S/C15H8N4O8/c1-7(20)27-16-15-11-4-8(17(21)22)2-3-10(11)14-12(15)5-9(18(23)24)6-13(14)19(25)26/h2-6H,1H3/b16-15+. The third-order valence-corrected chi connectivity index (χ3v) is 3.77. The molecular formula is C15H8N4O8. The van der Waals surface area contributed by atoms with Crippen molar-refractivity contribution in [2.45, 2.75) is 6.92 Å². The molecule has 0 bridgehead atoms. The lowest BCUT2D eigenvalue weighted by Gasteiger charge is -2.02. The number of carbonyl (C=O) groups is 1. The maximum absolute atomic E-state index is 11.4. The van der Waals surface area contributed by atoms with Gasteiger partial charge in [0.2, 0.25) is 0 Å². The molecule has 0 saturated heterocycles. The fourth-order valence-corrected chi connectivity index (χ4v) is 2.74. The molecule has 0 saturated carbocycles. The first-order chi connectivity index (χ1) is 12.7. The van der Waals surface area contributed by atoms with Crippen molar-refractivity contribution in [2.75, 3.05) is 0 Å². The summed E-state index contributed by atoms with van der Waals surface area (Å²) in [4.78, 5) is 47.0. The highest BCUT2D eigenvalue weighted by molar-refractivity contribution is 6.26. The van der Waals surface area contributed by atoms with Crippen LogP contribution in [0.4, 0.5) is 17.1 Å². The molecule has 1 aliphatic rings. The summed E-state index contributed by atoms with van der Waals surface area (Å²) in [6, 6.07) is 5.35. The molecule has 2 aromatic carbocycles. The van der Waals surface area contributed by atoms with E-state index in [9.17, 15) is 35.1 Å². The maximum atomic E-state index is 11.4. The van der Waals surface area contributed by atoms with Crippen LogP contribution in [-0.4, -0.2) is 26.5 Å². The Hall–Kier alpha value is -4.22. The second-order valence-electron chi connectivity index (χ2n) is 5.41. The summed E-state index contributed by atoms with van der Waals surface area (Å²) in [6.45, 7) is 1.06. The second kappa shape index (κ2) is 6.25. The number of oxime groups is 1. The van der Waals surface area contributed by atoms with E-state index in [1.807, 2.05) is 0 Å². The predicted octanol–water partition coefficient (Wildman–Crippen LogP) is 2.71. The summed E-state index contributed by atoms with van der Waals surface area (Å²) in [5, 5.41) is 37.2. The normalized spacial score (nSPS) is 13.0. The summed E-state index contributed by atoms with van der Waals surface area (Å²) in [5.41, 5.74) is -1.35. The van der Waals surface area contributed by atoms with Crippen molar-refractivity contribution in [1.82, 2.24) is 0 Å². The van der Waals surface area contributed by atoms with Crippen molar-refractivity contribution < 1.29 is 24.4 Å². The summed E-state index contributed by atoms with van der Waals surface area (Å²) >= 11 is 0. The van der Waals surface area contributed by atoms with Crippen molar-refractivity contribution in [1.29, 1.82) is 0 Å². The monoisotopic (exact) mass is 372 g/mol. The average molecular weight is 372 g/mol. The van der Waals surface area contributed by atoms with Crippen LogP contribution in [-0.2, 0) is 9.63 Å². The summed E-state index contributed by atoms with van der Waals surface area (Å²) in [7, 11) is 0. The minimum atomic E-state index is -0.817. The molecule has 0 amide bonds. The van der Waals surface area contributed by atoms with Gasteiger partial charge in [0.15, 0.2) is 0 Å². The number of nitro groups is 3. The van der Waals surface area contributed by atoms with E-state index in [0.717, 1.165) is 31.2 Å². The Balaban J connectivity index is 2.38. The number of nitro benzene ring substituents is 3. The highest BCUT2D eigenvalue weighted by atomic mass is 16.7. The van der Waals surface area contributed by atoms with Crippen LogP contribution >= 0.6 is 0 Å². The Morgan fingerprint density at radius 2 is 1.52 bits per heavy atom. The number of hydrogen-bond acceptors (Lipinski definition) is 9. The smallest absolute Gasteiger partial charge is 0.318 e. The Bertz CT molecular complexity index is 1080. The Kier molecular flexibility index (Phi) is 4.08. The number of carbonyl (C=O) groups excluding carboxylic acids is 1. The number of non-ortho nitro benzene ring substituents is 2. The van der Waals surface area contributed by atoms with Gasteiger partial charge in [-0.25, -0.2) is 4.79 Å². The minimum Gasteiger partial charge on any atom is -0.318 e. The number of nitrogens with zero attached hydrogens (tertiary/aromatic N) is 4. The third-order valence-electron chi connectivity index (χ3n) is 3.77. The summed E-state index contributed by atoms with van der Waals surface area (Å²) in [5.74, 6) is -0.803. The van der Waals surface area contributed by atoms with Gasteiger partial charge in [0.05, 0.1) is 26.4 Å². The topological polar surface area (TPSA) is 168 Å². The van der Waals surface area contributed by atoms with Crippen LogP contribution < -0.4 is 0 Å². The van der Waals surface area contributed by atoms with Crippen molar-refractivity contribution in [3.63, 3.8) is 0 Å². The molecule has 0 radical (unpaired) electrons. The first kappa shape index (κ1) is 17.6. The van der Waals surface area contributed by atoms with Gasteiger partial charge in [-0.3, -0.25) is 30.3 Å². The maximum Gasteiger partial charge on any atom is 0.332 e. The molecule has 0 aromatic heterocycles. The molecule has 12 nitrogen and oxygen atoms in total. The highest BCUT2D eigenvalue weighted by Crippen LogP contribution is 2.45. The SMILES string of the molecule is CC(=O)O/N=C1\c2cc([N+](=O)[O-])ccc2-c2c1cc([N+](=O)[O-])cc2[N+](=O)[O-]. The van der Waals surface area contributed by atoms with E-state index in [-0.39, 0.29) is 33.7 Å². The largest absolute Gasteiger partial charge is 0.332 e. The van der Waals surface area contributed by atoms with Crippen LogP contribution in [0.3, 0.4) is 0 Å². The van der Waals surface area contributed by atoms with Crippen LogP contribution in [0.1, 0.15) is 18.1 Å². The van der Waals surface area contributed by atoms with Crippen molar-refractivity contribution in [3.8, 4) is 11.1 Å². The van der Waals surface area contributed by atoms with E-state index in [4.69, 9.17) is 0 Å². The zero-order valence-corrected chi connectivity index (χ0v) is 13.4. The lowest BCUT2D eigenvalue weighted by Crippen LogP contribution is -2.04. The molecule has 0 aliphatic heterocycles. The van der Waals surface area contributed by atoms with E-state index < -0.39 is 32.1 Å². The van der Waals surface area contributed by atoms with Crippen molar-refractivity contribution in [2.24, 2.45) is 5.16 Å². The fourth-order valence-electron chi connectivity index (χ4n) is 2.74. The van der Waals surface area contributed by atoms with Gasteiger partial charge in [0.1, 0.15) is 5.71 Å². The quantitative estimate of drug-likeness (QED) is 0.382. The molecule has 27 heavy (non-hydrogen) atoms. The molecule has 3 rings (SSSR count). The van der Waals surface area contributed by atoms with Gasteiger partial charge in [0.25, 0.3) is 17.1 Å². The zero-order valence-electron chi connectivity index (χ0n) is 13.4. The Morgan fingerprint density at radius 1 is 0.889 bits per heavy atom. The predicted molar refractivity (Wildman–Crippen MR) is 89.2 cm³/mol. The van der Waals surface area contributed by atoms with Gasteiger partial charge in [-0.1, -0.05) is 5.16 Å². The van der Waals surface area contributed by atoms with Gasteiger partial charge < -0.3 is 4.84 Å². The van der Waals surface area contributed by atoms with Crippen molar-refractivity contribution >= 4 is 28.7 Å². The van der Waals surface area contributed by atoms with E-state index in [2.05, 4.69) is 9.99 Å². The first-order valence-corrected chi connectivity index (χ1v) is 7.22. The zero-order chi connectivity index (χ0) is 19.9. The van der Waals surface area contributed by atoms with Gasteiger partial charge in [-0.05, 0) is 11.6 Å². The number of fused-ring (bicyclic) bond motifs is 3. The van der Waals surface area contributed by atoms with Gasteiger partial charge >= 0.3 is 5.97 Å². The molecule has 0 heterocycles. The molecule has 0 atom stereocenters. The van der Waals surface area contributed by atoms with Crippen LogP contribution in [0.2, 0.25) is 0 Å². The van der Waals surface area contributed by atoms with E-state index in [0.29, 0.717) is 0 Å². The van der Waals surface area contributed by atoms with E-state index >= 15 is 0 Å². The molecular weight excluding hydrogens is 364 g/mol. The first-order valence-electron chi connectivity index (χ1n) is 7.22. The van der Waals surface area contributed by atoms with Gasteiger partial charge in [-0.15, -0.1) is 0 Å². The Labute approximate surface area is 149 Å². The van der Waals surface area contributed by atoms with E-state index in [1.165, 1.54) is 6.07 Å². The molecule has 12 heteroatoms. The van der Waals surface area contributed by atoms with Crippen LogP contribution in [0.15, 0.2) is 35.5 Å². The lowest BCUT2D eigenvalue weighted by atomic mass is 10.0. The van der Waals surface area contributed by atoms with Crippen LogP contribution in [0.25, 0.3) is 11.1 Å². The Morgan fingerprint density at radius 3 is 2.07 bits per heavy atom. The molecule has 0 spiro atoms. The second-order valence-corrected chi connectivity index (χ2v) is 5.41. The van der Waals surface area contributed by atoms with Gasteiger partial charge in [-0.2, -0.15) is 0 Å². The molecule has 136 valence electrons. The number of rotatable bonds is 4. The highest BCUT2D eigenvalue weighted by Gasteiger charge is 2.36. The fraction of sp³-hybridized carbons (Fsp3) is 0.0667. The third kappa shape index (κ3) is 2.95. The molecule has 0 N–H and O–H groups in total. The minimum absolute atomic E-state index is 0.00130. The van der Waals surface area contributed by atoms with Crippen LogP contribution in [0.5, 0.6) is 0 Å². The molecule has 0 unspecified atom stereocenters. The van der Waals surface area contributed by atoms with Crippen LogP contribution in [0, 0.1) is 30.3 Å². The number of hydrogen-bond donors (Lipinski definition) is 0. The van der Waals surface area contributed by atoms with E-state index in [1.54, 1.807) is 0 Å². The van der Waals surface area contributed by atoms with Gasteiger partial charge in [0, 0.05) is 36.2 Å². The number of benzene rings is 2. The summed E-state index contributed by atoms with van der Waals surface area (Å²) in [6.07, 6.45) is 0. The molecule has 0 fully saturated rings. The van der Waals surface area contributed by atoms with Crippen molar-refractivity contribution in [3.05, 3.63) is 71.8 Å². The summed E-state index contributed by atoms with van der Waals surface area (Å²) < 4.78 is 0.